The highest BCUT2D eigenvalue weighted by Crippen LogP contribution is 2.34. The third-order valence-electron chi connectivity index (χ3n) is 4.15. The fraction of sp³-hybridized carbons (Fsp3) is 0.625. The number of benzene rings is 1. The van der Waals surface area contributed by atoms with Crippen LogP contribution in [0.25, 0.3) is 0 Å². The second kappa shape index (κ2) is 5.22. The van der Waals surface area contributed by atoms with Gasteiger partial charge in [0, 0.05) is 12.1 Å². The number of hydrogen-bond acceptors (Lipinski definition) is 1. The van der Waals surface area contributed by atoms with Crippen LogP contribution in [-0.4, -0.2) is 6.04 Å². The minimum Gasteiger partial charge on any atom is -0.307 e. The molecule has 0 heterocycles. The van der Waals surface area contributed by atoms with Gasteiger partial charge in [-0.25, -0.2) is 0 Å². The van der Waals surface area contributed by atoms with Gasteiger partial charge in [-0.2, -0.15) is 0 Å². The zero-order chi connectivity index (χ0) is 12.4. The van der Waals surface area contributed by atoms with E-state index in [-0.39, 0.29) is 0 Å². The highest BCUT2D eigenvalue weighted by molar-refractivity contribution is 5.24. The van der Waals surface area contributed by atoms with E-state index < -0.39 is 0 Å². The van der Waals surface area contributed by atoms with E-state index in [2.05, 4.69) is 57.3 Å². The summed E-state index contributed by atoms with van der Waals surface area (Å²) in [5.74, 6) is 1.79. The summed E-state index contributed by atoms with van der Waals surface area (Å²) in [6.45, 7) is 9.11. The van der Waals surface area contributed by atoms with Crippen LogP contribution < -0.4 is 5.32 Å². The van der Waals surface area contributed by atoms with Gasteiger partial charge < -0.3 is 5.32 Å². The molecule has 94 valence electrons. The molecule has 1 saturated carbocycles. The fourth-order valence-electron chi connectivity index (χ4n) is 2.73. The molecule has 1 fully saturated rings. The van der Waals surface area contributed by atoms with E-state index in [9.17, 15) is 0 Å². The van der Waals surface area contributed by atoms with Crippen LogP contribution in [0.15, 0.2) is 24.3 Å². The second-order valence-corrected chi connectivity index (χ2v) is 5.97. The average Bonchev–Trinajstić information content (AvgIpc) is 2.21. The summed E-state index contributed by atoms with van der Waals surface area (Å²) in [5.41, 5.74) is 2.77. The van der Waals surface area contributed by atoms with Crippen molar-refractivity contribution in [2.45, 2.75) is 52.6 Å². The molecule has 0 amide bonds. The first-order chi connectivity index (χ1) is 8.06. The number of rotatable bonds is 4. The van der Waals surface area contributed by atoms with Gasteiger partial charge in [0.1, 0.15) is 0 Å². The first-order valence-corrected chi connectivity index (χ1v) is 6.89. The summed E-state index contributed by atoms with van der Waals surface area (Å²) in [7, 11) is 0. The molecule has 0 aromatic heterocycles. The molecule has 0 unspecified atom stereocenters. The molecule has 1 N–H and O–H groups in total. The van der Waals surface area contributed by atoms with E-state index in [1.54, 1.807) is 0 Å². The Morgan fingerprint density at radius 1 is 1.18 bits per heavy atom. The van der Waals surface area contributed by atoms with Gasteiger partial charge in [-0.1, -0.05) is 43.7 Å². The lowest BCUT2D eigenvalue weighted by molar-refractivity contribution is 0.159. The van der Waals surface area contributed by atoms with E-state index in [0.717, 1.165) is 17.9 Å². The summed E-state index contributed by atoms with van der Waals surface area (Å²) in [4.78, 5) is 0. The third kappa shape index (κ3) is 3.10. The molecule has 0 bridgehead atoms. The Morgan fingerprint density at radius 2 is 1.88 bits per heavy atom. The lowest BCUT2D eigenvalue weighted by Gasteiger charge is -2.40. The number of aryl methyl sites for hydroxylation is 1. The first-order valence-electron chi connectivity index (χ1n) is 6.89. The van der Waals surface area contributed by atoms with Gasteiger partial charge in [0.2, 0.25) is 0 Å². The van der Waals surface area contributed by atoms with Crippen LogP contribution in [0.4, 0.5) is 0 Å². The summed E-state index contributed by atoms with van der Waals surface area (Å²) < 4.78 is 0. The molecule has 1 aromatic carbocycles. The van der Waals surface area contributed by atoms with Crippen LogP contribution in [0.2, 0.25) is 0 Å². The SMILES string of the molecule is Cc1cccc([C@H](C)NC2CC(C(C)C)C2)c1. The zero-order valence-corrected chi connectivity index (χ0v) is 11.5. The normalized spacial score (nSPS) is 25.7. The third-order valence-corrected chi connectivity index (χ3v) is 4.15. The maximum Gasteiger partial charge on any atom is 0.0294 e. The molecule has 0 spiro atoms. The molecule has 1 aliphatic rings. The smallest absolute Gasteiger partial charge is 0.0294 e. The van der Waals surface area contributed by atoms with E-state index in [0.29, 0.717) is 6.04 Å². The Labute approximate surface area is 106 Å². The van der Waals surface area contributed by atoms with Crippen molar-refractivity contribution in [3.05, 3.63) is 35.4 Å². The van der Waals surface area contributed by atoms with Crippen molar-refractivity contribution < 1.29 is 0 Å². The quantitative estimate of drug-likeness (QED) is 0.823. The number of hydrogen-bond donors (Lipinski definition) is 1. The molecule has 0 radical (unpaired) electrons. The molecule has 0 saturated heterocycles. The maximum atomic E-state index is 3.74. The Morgan fingerprint density at radius 3 is 2.47 bits per heavy atom. The Balaban J connectivity index is 1.85. The predicted octanol–water partition coefficient (Wildman–Crippen LogP) is 4.08. The average molecular weight is 231 g/mol. The Hall–Kier alpha value is -0.820. The first kappa shape index (κ1) is 12.6. The van der Waals surface area contributed by atoms with Crippen LogP contribution in [0, 0.1) is 18.8 Å². The van der Waals surface area contributed by atoms with Gasteiger partial charge in [-0.15, -0.1) is 0 Å². The lowest BCUT2D eigenvalue weighted by atomic mass is 9.73. The maximum absolute atomic E-state index is 3.74. The van der Waals surface area contributed by atoms with E-state index in [4.69, 9.17) is 0 Å². The van der Waals surface area contributed by atoms with Gasteiger partial charge in [0.05, 0.1) is 0 Å². The molecule has 1 nitrogen and oxygen atoms in total. The van der Waals surface area contributed by atoms with Gasteiger partial charge in [0.25, 0.3) is 0 Å². The number of nitrogens with one attached hydrogen (secondary N) is 1. The van der Waals surface area contributed by atoms with Gasteiger partial charge in [-0.3, -0.25) is 0 Å². The largest absolute Gasteiger partial charge is 0.307 e. The molecule has 1 atom stereocenters. The summed E-state index contributed by atoms with van der Waals surface area (Å²) >= 11 is 0. The summed E-state index contributed by atoms with van der Waals surface area (Å²) in [6.07, 6.45) is 2.71. The summed E-state index contributed by atoms with van der Waals surface area (Å²) in [5, 5.41) is 3.74. The fourth-order valence-corrected chi connectivity index (χ4v) is 2.73. The van der Waals surface area contributed by atoms with E-state index >= 15 is 0 Å². The van der Waals surface area contributed by atoms with Crippen LogP contribution >= 0.6 is 0 Å². The lowest BCUT2D eigenvalue weighted by Crippen LogP contribution is -2.43. The molecule has 1 heteroatoms. The molecule has 17 heavy (non-hydrogen) atoms. The standard InChI is InChI=1S/C16H25N/c1-11(2)15-9-16(10-15)17-13(4)14-7-5-6-12(3)8-14/h5-8,11,13,15-17H,9-10H2,1-4H3/t13-,15?,16?/m0/s1. The minimum absolute atomic E-state index is 0.480. The van der Waals surface area contributed by atoms with E-state index in [1.165, 1.54) is 24.0 Å². The van der Waals surface area contributed by atoms with Crippen molar-refractivity contribution in [2.24, 2.45) is 11.8 Å². The van der Waals surface area contributed by atoms with Crippen LogP contribution in [0.5, 0.6) is 0 Å². The Kier molecular flexibility index (Phi) is 3.88. The second-order valence-electron chi connectivity index (χ2n) is 5.97. The molecule has 1 aromatic rings. The van der Waals surface area contributed by atoms with Crippen LogP contribution in [-0.2, 0) is 0 Å². The molecular weight excluding hydrogens is 206 g/mol. The van der Waals surface area contributed by atoms with Gasteiger partial charge in [0.15, 0.2) is 0 Å². The molecule has 1 aliphatic carbocycles. The molecular formula is C16H25N. The van der Waals surface area contributed by atoms with Crippen molar-refractivity contribution in [3.63, 3.8) is 0 Å². The summed E-state index contributed by atoms with van der Waals surface area (Å²) in [6, 6.07) is 10.0. The highest BCUT2D eigenvalue weighted by Gasteiger charge is 2.31. The van der Waals surface area contributed by atoms with Crippen molar-refractivity contribution >= 4 is 0 Å². The van der Waals surface area contributed by atoms with Crippen molar-refractivity contribution in [1.82, 2.24) is 5.32 Å². The highest BCUT2D eigenvalue weighted by atomic mass is 15.0. The van der Waals surface area contributed by atoms with Crippen molar-refractivity contribution in [2.75, 3.05) is 0 Å². The zero-order valence-electron chi connectivity index (χ0n) is 11.5. The predicted molar refractivity (Wildman–Crippen MR) is 74.1 cm³/mol. The van der Waals surface area contributed by atoms with Crippen LogP contribution in [0.1, 0.15) is 50.8 Å². The van der Waals surface area contributed by atoms with Crippen molar-refractivity contribution in [3.8, 4) is 0 Å². The topological polar surface area (TPSA) is 12.0 Å². The molecule has 0 aliphatic heterocycles. The minimum atomic E-state index is 0.480. The van der Waals surface area contributed by atoms with Gasteiger partial charge in [-0.05, 0) is 44.1 Å². The van der Waals surface area contributed by atoms with E-state index in [1.807, 2.05) is 0 Å². The van der Waals surface area contributed by atoms with Crippen LogP contribution in [0.3, 0.4) is 0 Å². The monoisotopic (exact) mass is 231 g/mol. The van der Waals surface area contributed by atoms with Gasteiger partial charge >= 0.3 is 0 Å². The molecule has 2 rings (SSSR count). The Bertz CT molecular complexity index is 364. The van der Waals surface area contributed by atoms with Crippen molar-refractivity contribution in [1.29, 1.82) is 0 Å².